The Hall–Kier alpha value is -2.87. The number of amides is 1. The number of ether oxygens (including phenoxy) is 1. The number of anilines is 1. The highest BCUT2D eigenvalue weighted by Crippen LogP contribution is 2.24. The minimum atomic E-state index is -2.92. The summed E-state index contributed by atoms with van der Waals surface area (Å²) in [5.41, 5.74) is 2.10. The second-order valence-electron chi connectivity index (χ2n) is 5.79. The number of benzene rings is 2. The SMILES string of the molecule is CN=C(NCc1cccc(NC(C)=O)c1)NCc1cc(Cl)ccc1OC(F)F. The summed E-state index contributed by atoms with van der Waals surface area (Å²) >= 11 is 5.95. The van der Waals surface area contributed by atoms with Crippen LogP contribution in [-0.4, -0.2) is 25.5 Å². The molecule has 28 heavy (non-hydrogen) atoms. The van der Waals surface area contributed by atoms with Crippen LogP contribution in [0.25, 0.3) is 0 Å². The molecule has 0 aliphatic rings. The summed E-state index contributed by atoms with van der Waals surface area (Å²) in [6, 6.07) is 11.8. The number of nitrogens with zero attached hydrogens (tertiary/aromatic N) is 1. The second-order valence-corrected chi connectivity index (χ2v) is 6.23. The van der Waals surface area contributed by atoms with E-state index in [1.165, 1.54) is 19.1 Å². The largest absolute Gasteiger partial charge is 0.434 e. The average molecular weight is 411 g/mol. The standard InChI is InChI=1S/C19H21ClF2N4O2/c1-12(27)26-16-5-3-4-13(8-16)10-24-19(23-2)25-11-14-9-15(20)6-7-17(14)28-18(21)22/h3-9,18H,10-11H2,1-2H3,(H,26,27)(H2,23,24,25). The maximum Gasteiger partial charge on any atom is 0.387 e. The lowest BCUT2D eigenvalue weighted by Crippen LogP contribution is -2.36. The summed E-state index contributed by atoms with van der Waals surface area (Å²) in [4.78, 5) is 15.3. The number of hydrogen-bond donors (Lipinski definition) is 3. The predicted molar refractivity (Wildman–Crippen MR) is 106 cm³/mol. The Balaban J connectivity index is 1.97. The van der Waals surface area contributed by atoms with Crippen LogP contribution in [-0.2, 0) is 17.9 Å². The molecule has 2 rings (SSSR count). The maximum atomic E-state index is 12.5. The van der Waals surface area contributed by atoms with Gasteiger partial charge in [0.25, 0.3) is 0 Å². The molecule has 9 heteroatoms. The Morgan fingerprint density at radius 3 is 2.61 bits per heavy atom. The van der Waals surface area contributed by atoms with Gasteiger partial charge >= 0.3 is 6.61 Å². The van der Waals surface area contributed by atoms with E-state index in [9.17, 15) is 13.6 Å². The van der Waals surface area contributed by atoms with Crippen LogP contribution < -0.4 is 20.7 Å². The van der Waals surface area contributed by atoms with Gasteiger partial charge in [0.1, 0.15) is 5.75 Å². The van der Waals surface area contributed by atoms with E-state index in [1.807, 2.05) is 18.2 Å². The summed E-state index contributed by atoms with van der Waals surface area (Å²) in [6.07, 6.45) is 0. The van der Waals surface area contributed by atoms with Gasteiger partial charge in [-0.3, -0.25) is 9.79 Å². The molecule has 2 aromatic carbocycles. The van der Waals surface area contributed by atoms with Crippen LogP contribution in [0.1, 0.15) is 18.1 Å². The Morgan fingerprint density at radius 2 is 1.93 bits per heavy atom. The van der Waals surface area contributed by atoms with E-state index >= 15 is 0 Å². The number of carbonyl (C=O) groups excluding carboxylic acids is 1. The Kier molecular flexibility index (Phi) is 8.01. The third kappa shape index (κ3) is 7.03. The van der Waals surface area contributed by atoms with Crippen LogP contribution in [0.15, 0.2) is 47.5 Å². The van der Waals surface area contributed by atoms with Gasteiger partial charge in [0.05, 0.1) is 0 Å². The monoisotopic (exact) mass is 410 g/mol. The fraction of sp³-hybridized carbons (Fsp3) is 0.263. The summed E-state index contributed by atoms with van der Waals surface area (Å²) in [7, 11) is 1.59. The molecule has 0 aliphatic carbocycles. The van der Waals surface area contributed by atoms with Crippen molar-refractivity contribution in [3.63, 3.8) is 0 Å². The first-order valence-electron chi connectivity index (χ1n) is 8.41. The van der Waals surface area contributed by atoms with Crippen LogP contribution >= 0.6 is 11.6 Å². The number of guanidine groups is 1. The first kappa shape index (κ1) is 21.4. The van der Waals surface area contributed by atoms with Gasteiger partial charge in [-0.1, -0.05) is 23.7 Å². The predicted octanol–water partition coefficient (Wildman–Crippen LogP) is 3.77. The van der Waals surface area contributed by atoms with Gasteiger partial charge in [-0.05, 0) is 35.9 Å². The van der Waals surface area contributed by atoms with Gasteiger partial charge in [-0.25, -0.2) is 0 Å². The van der Waals surface area contributed by atoms with Crippen LogP contribution in [0.2, 0.25) is 5.02 Å². The summed E-state index contributed by atoms with van der Waals surface area (Å²) < 4.78 is 29.6. The molecule has 6 nitrogen and oxygen atoms in total. The first-order chi connectivity index (χ1) is 13.4. The maximum absolute atomic E-state index is 12.5. The summed E-state index contributed by atoms with van der Waals surface area (Å²) in [5.74, 6) is 0.365. The van der Waals surface area contributed by atoms with Crippen LogP contribution in [0.4, 0.5) is 14.5 Å². The van der Waals surface area contributed by atoms with Gasteiger partial charge in [0.15, 0.2) is 5.96 Å². The molecule has 0 heterocycles. The molecular weight excluding hydrogens is 390 g/mol. The number of hydrogen-bond acceptors (Lipinski definition) is 3. The third-order valence-corrected chi connectivity index (χ3v) is 3.85. The van der Waals surface area contributed by atoms with Crippen molar-refractivity contribution in [1.29, 1.82) is 0 Å². The zero-order valence-electron chi connectivity index (χ0n) is 15.4. The minimum Gasteiger partial charge on any atom is -0.434 e. The van der Waals surface area contributed by atoms with E-state index in [-0.39, 0.29) is 18.2 Å². The number of rotatable bonds is 7. The molecule has 2 aromatic rings. The number of carbonyl (C=O) groups is 1. The normalized spacial score (nSPS) is 11.3. The summed E-state index contributed by atoms with van der Waals surface area (Å²) in [5, 5.41) is 9.28. The Labute approximate surface area is 166 Å². The first-order valence-corrected chi connectivity index (χ1v) is 8.79. The van der Waals surface area contributed by atoms with Crippen molar-refractivity contribution >= 4 is 29.2 Å². The molecule has 3 N–H and O–H groups in total. The van der Waals surface area contributed by atoms with E-state index in [2.05, 4.69) is 25.7 Å². The molecule has 0 spiro atoms. The number of nitrogens with one attached hydrogen (secondary N) is 3. The van der Waals surface area contributed by atoms with Crippen molar-refractivity contribution in [2.24, 2.45) is 4.99 Å². The summed E-state index contributed by atoms with van der Waals surface area (Å²) in [6.45, 7) is -0.844. The number of halogens is 3. The highest BCUT2D eigenvalue weighted by atomic mass is 35.5. The lowest BCUT2D eigenvalue weighted by molar-refractivity contribution is -0.114. The second kappa shape index (κ2) is 10.5. The molecule has 0 atom stereocenters. The van der Waals surface area contributed by atoms with E-state index in [4.69, 9.17) is 11.6 Å². The van der Waals surface area contributed by atoms with Gasteiger partial charge < -0.3 is 20.7 Å². The molecule has 0 aliphatic heterocycles. The van der Waals surface area contributed by atoms with Crippen molar-refractivity contribution in [3.8, 4) is 5.75 Å². The Bertz CT molecular complexity index is 846. The van der Waals surface area contributed by atoms with Crippen LogP contribution in [0.3, 0.4) is 0 Å². The molecule has 0 aromatic heterocycles. The molecule has 0 bridgehead atoms. The molecule has 0 saturated heterocycles. The van der Waals surface area contributed by atoms with Gasteiger partial charge in [0, 0.05) is 43.3 Å². The van der Waals surface area contributed by atoms with Crippen LogP contribution in [0, 0.1) is 0 Å². The molecular formula is C19H21ClF2N4O2. The fourth-order valence-electron chi connectivity index (χ4n) is 2.44. The van der Waals surface area contributed by atoms with Crippen molar-refractivity contribution in [3.05, 3.63) is 58.6 Å². The Morgan fingerprint density at radius 1 is 1.18 bits per heavy atom. The smallest absolute Gasteiger partial charge is 0.387 e. The van der Waals surface area contributed by atoms with Gasteiger partial charge in [0.2, 0.25) is 5.91 Å². The van der Waals surface area contributed by atoms with Gasteiger partial charge in [-0.2, -0.15) is 8.78 Å². The third-order valence-electron chi connectivity index (χ3n) is 3.62. The average Bonchev–Trinajstić information content (AvgIpc) is 2.63. The van der Waals surface area contributed by atoms with Crippen molar-refractivity contribution in [1.82, 2.24) is 10.6 Å². The number of alkyl halides is 2. The van der Waals surface area contributed by atoms with Crippen LogP contribution in [0.5, 0.6) is 5.75 Å². The molecule has 1 amide bonds. The minimum absolute atomic E-state index is 0.0466. The zero-order valence-corrected chi connectivity index (χ0v) is 16.2. The number of aliphatic imine (C=N–C) groups is 1. The molecule has 0 unspecified atom stereocenters. The van der Waals surface area contributed by atoms with Crippen molar-refractivity contribution in [2.45, 2.75) is 26.6 Å². The van der Waals surface area contributed by atoms with Crippen molar-refractivity contribution < 1.29 is 18.3 Å². The highest BCUT2D eigenvalue weighted by molar-refractivity contribution is 6.30. The zero-order chi connectivity index (χ0) is 20.5. The quantitative estimate of drug-likeness (QED) is 0.480. The van der Waals surface area contributed by atoms with E-state index < -0.39 is 6.61 Å². The highest BCUT2D eigenvalue weighted by Gasteiger charge is 2.11. The lowest BCUT2D eigenvalue weighted by atomic mass is 10.2. The van der Waals surface area contributed by atoms with Gasteiger partial charge in [-0.15, -0.1) is 0 Å². The van der Waals surface area contributed by atoms with E-state index in [0.29, 0.717) is 28.8 Å². The lowest BCUT2D eigenvalue weighted by Gasteiger charge is -2.15. The molecule has 0 saturated carbocycles. The molecule has 150 valence electrons. The van der Waals surface area contributed by atoms with E-state index in [0.717, 1.165) is 5.56 Å². The molecule has 0 fully saturated rings. The molecule has 0 radical (unpaired) electrons. The van der Waals surface area contributed by atoms with E-state index in [1.54, 1.807) is 19.2 Å². The topological polar surface area (TPSA) is 74.8 Å². The fourth-order valence-corrected chi connectivity index (χ4v) is 2.64. The van der Waals surface area contributed by atoms with Crippen molar-refractivity contribution in [2.75, 3.05) is 12.4 Å².